The van der Waals surface area contributed by atoms with E-state index in [9.17, 15) is 13.5 Å². The Balaban J connectivity index is 2.04. The zero-order valence-electron chi connectivity index (χ0n) is 21.3. The molecule has 1 N–H and O–H groups in total. The minimum Gasteiger partial charge on any atom is -0.380 e. The van der Waals surface area contributed by atoms with Gasteiger partial charge in [0.05, 0.1) is 11.9 Å². The first-order chi connectivity index (χ1) is 16.7. The molecular formula is C29H38N2O3S. The standard InChI is InChI=1S/C29H38N2O3S/c1-5-28(24-14-10-8-11-15-24)29(32,25-16-12-9-13-17-25)26-18-20-27(21-19-26)31(35(4,33)34)23-22-30(6-2)7-3/h8-21,28,32H,5-7,22-23H2,1-4H3. The lowest BCUT2D eigenvalue weighted by atomic mass is 9.72. The fourth-order valence-corrected chi connectivity index (χ4v) is 5.78. The van der Waals surface area contributed by atoms with Gasteiger partial charge in [-0.25, -0.2) is 8.42 Å². The molecule has 0 spiro atoms. The Bertz CT molecular complexity index is 1150. The zero-order chi connectivity index (χ0) is 25.5. The number of hydrogen-bond acceptors (Lipinski definition) is 4. The number of anilines is 1. The first kappa shape index (κ1) is 26.9. The molecule has 0 aliphatic carbocycles. The SMILES string of the molecule is CCC(c1ccccc1)C(O)(c1ccccc1)c1ccc(N(CCN(CC)CC)S(C)(=O)=O)cc1. The molecule has 0 aliphatic heterocycles. The van der Waals surface area contributed by atoms with E-state index >= 15 is 0 Å². The summed E-state index contributed by atoms with van der Waals surface area (Å²) in [5.74, 6) is -0.175. The number of benzene rings is 3. The molecule has 0 aliphatic rings. The van der Waals surface area contributed by atoms with Crippen molar-refractivity contribution in [1.29, 1.82) is 0 Å². The highest BCUT2D eigenvalue weighted by atomic mass is 32.2. The van der Waals surface area contributed by atoms with Crippen LogP contribution in [0, 0.1) is 0 Å². The summed E-state index contributed by atoms with van der Waals surface area (Å²) in [7, 11) is -3.45. The molecule has 3 rings (SSSR count). The molecule has 2 atom stereocenters. The second-order valence-corrected chi connectivity index (χ2v) is 10.8. The monoisotopic (exact) mass is 494 g/mol. The summed E-state index contributed by atoms with van der Waals surface area (Å²) >= 11 is 0. The van der Waals surface area contributed by atoms with Crippen molar-refractivity contribution in [3.05, 3.63) is 102 Å². The van der Waals surface area contributed by atoms with Crippen LogP contribution in [0.25, 0.3) is 0 Å². The number of likely N-dealkylation sites (N-methyl/N-ethyl adjacent to an activating group) is 1. The molecule has 3 aromatic carbocycles. The number of hydrogen-bond donors (Lipinski definition) is 1. The molecule has 188 valence electrons. The lowest BCUT2D eigenvalue weighted by Crippen LogP contribution is -2.38. The summed E-state index contributed by atoms with van der Waals surface area (Å²) in [6.07, 6.45) is 1.97. The van der Waals surface area contributed by atoms with Crippen molar-refractivity contribution in [3.63, 3.8) is 0 Å². The Morgan fingerprint density at radius 1 is 0.771 bits per heavy atom. The van der Waals surface area contributed by atoms with Crippen molar-refractivity contribution in [1.82, 2.24) is 4.90 Å². The van der Waals surface area contributed by atoms with E-state index in [0.717, 1.165) is 36.2 Å². The number of nitrogens with zero attached hydrogens (tertiary/aromatic N) is 2. The lowest BCUT2D eigenvalue weighted by molar-refractivity contribution is 0.0477. The molecule has 0 amide bonds. The fraction of sp³-hybridized carbons (Fsp3) is 0.379. The van der Waals surface area contributed by atoms with E-state index in [4.69, 9.17) is 0 Å². The third-order valence-electron chi connectivity index (χ3n) is 6.84. The Labute approximate surface area is 211 Å². The van der Waals surface area contributed by atoms with Crippen LogP contribution in [0.15, 0.2) is 84.9 Å². The van der Waals surface area contributed by atoms with Gasteiger partial charge in [-0.05, 0) is 48.3 Å². The normalized spacial score (nSPS) is 14.5. The van der Waals surface area contributed by atoms with E-state index < -0.39 is 15.6 Å². The summed E-state index contributed by atoms with van der Waals surface area (Å²) in [6.45, 7) is 9.00. The average Bonchev–Trinajstić information content (AvgIpc) is 2.87. The van der Waals surface area contributed by atoms with Crippen LogP contribution in [0.1, 0.15) is 49.8 Å². The van der Waals surface area contributed by atoms with E-state index in [1.165, 1.54) is 10.6 Å². The van der Waals surface area contributed by atoms with Crippen LogP contribution >= 0.6 is 0 Å². The second kappa shape index (κ2) is 11.8. The molecule has 0 heterocycles. The molecular weight excluding hydrogens is 456 g/mol. The zero-order valence-corrected chi connectivity index (χ0v) is 22.1. The third-order valence-corrected chi connectivity index (χ3v) is 8.03. The maximum absolute atomic E-state index is 12.6. The minimum atomic E-state index is -3.45. The number of aliphatic hydroxyl groups is 1. The summed E-state index contributed by atoms with van der Waals surface area (Å²) < 4.78 is 26.7. The van der Waals surface area contributed by atoms with Crippen LogP contribution in [0.3, 0.4) is 0 Å². The fourth-order valence-electron chi connectivity index (χ4n) is 4.86. The predicted octanol–water partition coefficient (Wildman–Crippen LogP) is 5.22. The van der Waals surface area contributed by atoms with Gasteiger partial charge in [0.1, 0.15) is 5.60 Å². The van der Waals surface area contributed by atoms with Crippen LogP contribution in [0.5, 0.6) is 0 Å². The first-order valence-corrected chi connectivity index (χ1v) is 14.2. The summed E-state index contributed by atoms with van der Waals surface area (Å²) in [4.78, 5) is 2.20. The van der Waals surface area contributed by atoms with Crippen molar-refractivity contribution < 1.29 is 13.5 Å². The van der Waals surface area contributed by atoms with E-state index in [1.807, 2.05) is 72.8 Å². The van der Waals surface area contributed by atoms with Crippen molar-refractivity contribution in [2.75, 3.05) is 36.7 Å². The van der Waals surface area contributed by atoms with Crippen LogP contribution in [0.2, 0.25) is 0 Å². The molecule has 35 heavy (non-hydrogen) atoms. The van der Waals surface area contributed by atoms with Gasteiger partial charge < -0.3 is 10.0 Å². The van der Waals surface area contributed by atoms with E-state index in [2.05, 4.69) is 37.8 Å². The molecule has 0 aromatic heterocycles. The second-order valence-electron chi connectivity index (χ2n) is 8.91. The molecule has 0 saturated heterocycles. The molecule has 0 saturated carbocycles. The highest BCUT2D eigenvalue weighted by Crippen LogP contribution is 2.44. The largest absolute Gasteiger partial charge is 0.380 e. The highest BCUT2D eigenvalue weighted by molar-refractivity contribution is 7.92. The van der Waals surface area contributed by atoms with Gasteiger partial charge in [-0.3, -0.25) is 4.31 Å². The minimum absolute atomic E-state index is 0.175. The predicted molar refractivity (Wildman–Crippen MR) is 145 cm³/mol. The van der Waals surface area contributed by atoms with Crippen molar-refractivity contribution in [3.8, 4) is 0 Å². The molecule has 6 heteroatoms. The van der Waals surface area contributed by atoms with Gasteiger partial charge in [-0.2, -0.15) is 0 Å². The van der Waals surface area contributed by atoms with Gasteiger partial charge in [-0.15, -0.1) is 0 Å². The quantitative estimate of drug-likeness (QED) is 0.375. The van der Waals surface area contributed by atoms with Gasteiger partial charge in [-0.1, -0.05) is 93.6 Å². The van der Waals surface area contributed by atoms with Gasteiger partial charge in [0, 0.05) is 19.0 Å². The maximum Gasteiger partial charge on any atom is 0.232 e. The highest BCUT2D eigenvalue weighted by Gasteiger charge is 2.40. The lowest BCUT2D eigenvalue weighted by Gasteiger charge is -2.38. The van der Waals surface area contributed by atoms with E-state index in [-0.39, 0.29) is 5.92 Å². The van der Waals surface area contributed by atoms with Crippen LogP contribution in [0.4, 0.5) is 5.69 Å². The van der Waals surface area contributed by atoms with Gasteiger partial charge in [0.2, 0.25) is 10.0 Å². The van der Waals surface area contributed by atoms with Crippen LogP contribution < -0.4 is 4.31 Å². The van der Waals surface area contributed by atoms with Crippen LogP contribution in [-0.4, -0.2) is 50.9 Å². The topological polar surface area (TPSA) is 60.9 Å². The summed E-state index contributed by atoms with van der Waals surface area (Å²) in [5, 5.41) is 12.4. The summed E-state index contributed by atoms with van der Waals surface area (Å²) in [6, 6.07) is 27.1. The summed E-state index contributed by atoms with van der Waals surface area (Å²) in [5.41, 5.74) is 1.94. The van der Waals surface area contributed by atoms with Gasteiger partial charge in [0.25, 0.3) is 0 Å². The average molecular weight is 495 g/mol. The molecule has 2 unspecified atom stereocenters. The number of rotatable bonds is 12. The van der Waals surface area contributed by atoms with Crippen molar-refractivity contribution >= 4 is 15.7 Å². The van der Waals surface area contributed by atoms with Crippen molar-refractivity contribution in [2.24, 2.45) is 0 Å². The van der Waals surface area contributed by atoms with Gasteiger partial charge in [0.15, 0.2) is 0 Å². The number of sulfonamides is 1. The van der Waals surface area contributed by atoms with Crippen LogP contribution in [-0.2, 0) is 15.6 Å². The first-order valence-electron chi connectivity index (χ1n) is 12.4. The molecule has 5 nitrogen and oxygen atoms in total. The Morgan fingerprint density at radius 2 is 1.29 bits per heavy atom. The third kappa shape index (κ3) is 6.13. The molecule has 0 radical (unpaired) electrons. The Kier molecular flexibility index (Phi) is 9.11. The molecule has 0 bridgehead atoms. The molecule has 3 aromatic rings. The smallest absolute Gasteiger partial charge is 0.232 e. The Hall–Kier alpha value is -2.67. The molecule has 0 fully saturated rings. The Morgan fingerprint density at radius 3 is 1.77 bits per heavy atom. The van der Waals surface area contributed by atoms with Gasteiger partial charge >= 0.3 is 0 Å². The van der Waals surface area contributed by atoms with E-state index in [0.29, 0.717) is 18.8 Å². The van der Waals surface area contributed by atoms with Crippen molar-refractivity contribution in [2.45, 2.75) is 38.7 Å². The maximum atomic E-state index is 12.6. The van der Waals surface area contributed by atoms with E-state index in [1.54, 1.807) is 0 Å².